The summed E-state index contributed by atoms with van der Waals surface area (Å²) in [5.41, 5.74) is 2.78. The Kier molecular flexibility index (Phi) is 5.64. The quantitative estimate of drug-likeness (QED) is 0.429. The molecule has 3 rings (SSSR count). The summed E-state index contributed by atoms with van der Waals surface area (Å²) >= 11 is 0. The number of aliphatic hydroxyl groups is 1. The zero-order chi connectivity index (χ0) is 19.1. The molecule has 1 N–H and O–H groups in total. The lowest BCUT2D eigenvalue weighted by Crippen LogP contribution is -1.97. The van der Waals surface area contributed by atoms with Crippen molar-refractivity contribution in [3.05, 3.63) is 111 Å². The van der Waals surface area contributed by atoms with Crippen LogP contribution in [0, 0.1) is 33.8 Å². The summed E-state index contributed by atoms with van der Waals surface area (Å²) in [5.74, 6) is 11.8. The Bertz CT molecular complexity index is 1070. The van der Waals surface area contributed by atoms with E-state index in [1.165, 1.54) is 12.1 Å². The maximum absolute atomic E-state index is 10.7. The first-order valence-electron chi connectivity index (χ1n) is 8.23. The van der Waals surface area contributed by atoms with Crippen LogP contribution in [-0.2, 0) is 0 Å². The van der Waals surface area contributed by atoms with Gasteiger partial charge in [-0.05, 0) is 30.3 Å². The highest BCUT2D eigenvalue weighted by Crippen LogP contribution is 2.17. The molecule has 27 heavy (non-hydrogen) atoms. The smallest absolute Gasteiger partial charge is 0.269 e. The molecule has 0 aliphatic rings. The second kappa shape index (κ2) is 8.49. The zero-order valence-corrected chi connectivity index (χ0v) is 14.3. The van der Waals surface area contributed by atoms with Crippen LogP contribution in [0.3, 0.4) is 0 Å². The molecule has 3 aromatic carbocycles. The molecule has 3 aromatic rings. The Morgan fingerprint density at radius 3 is 2.11 bits per heavy atom. The molecule has 0 aliphatic heterocycles. The highest BCUT2D eigenvalue weighted by Gasteiger charge is 2.08. The minimum atomic E-state index is -0.965. The third kappa shape index (κ3) is 4.83. The number of benzene rings is 3. The van der Waals surface area contributed by atoms with Crippen molar-refractivity contribution in [3.63, 3.8) is 0 Å². The van der Waals surface area contributed by atoms with Crippen molar-refractivity contribution >= 4 is 5.69 Å². The lowest BCUT2D eigenvalue weighted by atomic mass is 10.0. The highest BCUT2D eigenvalue weighted by molar-refractivity contribution is 5.50. The number of hydrogen-bond donors (Lipinski definition) is 1. The Labute approximate surface area is 157 Å². The molecule has 0 fully saturated rings. The van der Waals surface area contributed by atoms with Gasteiger partial charge in [0.1, 0.15) is 6.10 Å². The van der Waals surface area contributed by atoms with Gasteiger partial charge in [-0.25, -0.2) is 0 Å². The van der Waals surface area contributed by atoms with E-state index in [1.54, 1.807) is 24.3 Å². The molecule has 4 heteroatoms. The maximum atomic E-state index is 10.7. The van der Waals surface area contributed by atoms with Crippen molar-refractivity contribution in [2.24, 2.45) is 0 Å². The molecule has 1 atom stereocenters. The van der Waals surface area contributed by atoms with E-state index in [0.29, 0.717) is 16.7 Å². The summed E-state index contributed by atoms with van der Waals surface area (Å²) < 4.78 is 0. The van der Waals surface area contributed by atoms with Gasteiger partial charge in [0.25, 0.3) is 5.69 Å². The number of aliphatic hydroxyl groups excluding tert-OH is 1. The molecule has 4 nitrogen and oxygen atoms in total. The number of non-ortho nitro benzene ring substituents is 1. The number of nitro benzene ring substituents is 1. The van der Waals surface area contributed by atoms with E-state index in [2.05, 4.69) is 23.7 Å². The summed E-state index contributed by atoms with van der Waals surface area (Å²) in [7, 11) is 0. The SMILES string of the molecule is O=[N+]([O-])c1ccc(C#Cc2ccccc2C(O)C#Cc2ccccc2)cc1. The average Bonchev–Trinajstić information content (AvgIpc) is 2.71. The molecule has 1 unspecified atom stereocenters. The molecule has 0 saturated carbocycles. The zero-order valence-electron chi connectivity index (χ0n) is 14.3. The first kappa shape index (κ1) is 17.9. The summed E-state index contributed by atoms with van der Waals surface area (Å²) in [6.45, 7) is 0. The molecule has 0 aliphatic carbocycles. The van der Waals surface area contributed by atoms with Crippen molar-refractivity contribution in [2.75, 3.05) is 0 Å². The minimum absolute atomic E-state index is 0.0209. The number of nitro groups is 1. The molecule has 0 radical (unpaired) electrons. The van der Waals surface area contributed by atoms with Crippen molar-refractivity contribution in [2.45, 2.75) is 6.10 Å². The molecule has 0 aromatic heterocycles. The summed E-state index contributed by atoms with van der Waals surface area (Å²) in [5, 5.41) is 21.1. The topological polar surface area (TPSA) is 63.4 Å². The Morgan fingerprint density at radius 1 is 0.778 bits per heavy atom. The monoisotopic (exact) mass is 353 g/mol. The summed E-state index contributed by atoms with van der Waals surface area (Å²) in [4.78, 5) is 10.3. The molecule has 0 amide bonds. The number of nitrogens with zero attached hydrogens (tertiary/aromatic N) is 1. The third-order valence-electron chi connectivity index (χ3n) is 3.80. The van der Waals surface area contributed by atoms with Gasteiger partial charge in [0.15, 0.2) is 0 Å². The van der Waals surface area contributed by atoms with Gasteiger partial charge in [-0.15, -0.1) is 0 Å². The highest BCUT2D eigenvalue weighted by atomic mass is 16.6. The Morgan fingerprint density at radius 2 is 1.41 bits per heavy atom. The van der Waals surface area contributed by atoms with Crippen molar-refractivity contribution in [1.82, 2.24) is 0 Å². The second-order valence-electron chi connectivity index (χ2n) is 5.68. The van der Waals surface area contributed by atoms with Gasteiger partial charge in [0.2, 0.25) is 0 Å². The third-order valence-corrected chi connectivity index (χ3v) is 3.80. The average molecular weight is 353 g/mol. The van der Waals surface area contributed by atoms with Gasteiger partial charge in [-0.2, -0.15) is 0 Å². The van der Waals surface area contributed by atoms with Gasteiger partial charge >= 0.3 is 0 Å². The van der Waals surface area contributed by atoms with Crippen LogP contribution < -0.4 is 0 Å². The van der Waals surface area contributed by atoms with Crippen LogP contribution in [0.4, 0.5) is 5.69 Å². The molecule has 0 spiro atoms. The van der Waals surface area contributed by atoms with Gasteiger partial charge in [-0.3, -0.25) is 10.1 Å². The summed E-state index contributed by atoms with van der Waals surface area (Å²) in [6, 6.07) is 22.7. The second-order valence-corrected chi connectivity index (χ2v) is 5.68. The van der Waals surface area contributed by atoms with Crippen LogP contribution in [0.1, 0.15) is 28.4 Å². The van der Waals surface area contributed by atoms with E-state index in [4.69, 9.17) is 0 Å². The van der Waals surface area contributed by atoms with Gasteiger partial charge < -0.3 is 5.11 Å². The summed E-state index contributed by atoms with van der Waals surface area (Å²) in [6.07, 6.45) is -0.965. The van der Waals surface area contributed by atoms with Crippen LogP contribution in [0.15, 0.2) is 78.9 Å². The Balaban J connectivity index is 1.84. The minimum Gasteiger partial charge on any atom is -0.376 e. The molecule has 0 heterocycles. The normalized spacial score (nSPS) is 10.7. The number of rotatable bonds is 2. The predicted octanol–water partition coefficient (Wildman–Crippen LogP) is 4.08. The Hall–Kier alpha value is -3.86. The van der Waals surface area contributed by atoms with E-state index in [9.17, 15) is 15.2 Å². The van der Waals surface area contributed by atoms with Gasteiger partial charge in [0.05, 0.1) is 4.92 Å². The van der Waals surface area contributed by atoms with Crippen LogP contribution in [0.25, 0.3) is 0 Å². The van der Waals surface area contributed by atoms with Crippen LogP contribution in [0.5, 0.6) is 0 Å². The van der Waals surface area contributed by atoms with Crippen LogP contribution in [-0.4, -0.2) is 10.0 Å². The molecule has 130 valence electrons. The standard InChI is InChI=1S/C23H15NO3/c25-23(17-13-18-6-2-1-3-7-18)22-9-5-4-8-20(22)14-10-19-11-15-21(16-12-19)24(26)27/h1-9,11-12,15-16,23,25H. The van der Waals surface area contributed by atoms with Crippen LogP contribution >= 0.6 is 0 Å². The van der Waals surface area contributed by atoms with Gasteiger partial charge in [-0.1, -0.05) is 60.1 Å². The van der Waals surface area contributed by atoms with E-state index in [0.717, 1.165) is 5.56 Å². The van der Waals surface area contributed by atoms with E-state index >= 15 is 0 Å². The maximum Gasteiger partial charge on any atom is 0.269 e. The fourth-order valence-corrected chi connectivity index (χ4v) is 2.41. The van der Waals surface area contributed by atoms with Crippen molar-refractivity contribution in [3.8, 4) is 23.7 Å². The predicted molar refractivity (Wildman–Crippen MR) is 104 cm³/mol. The van der Waals surface area contributed by atoms with Gasteiger partial charge in [0, 0.05) is 34.4 Å². The molecule has 0 saturated heterocycles. The largest absolute Gasteiger partial charge is 0.376 e. The fraction of sp³-hybridized carbons (Fsp3) is 0.0435. The first-order valence-corrected chi connectivity index (χ1v) is 8.23. The first-order chi connectivity index (χ1) is 13.1. The van der Waals surface area contributed by atoms with E-state index < -0.39 is 11.0 Å². The molecule has 0 bridgehead atoms. The lowest BCUT2D eigenvalue weighted by molar-refractivity contribution is -0.384. The molecular weight excluding hydrogens is 338 g/mol. The van der Waals surface area contributed by atoms with Crippen LogP contribution in [0.2, 0.25) is 0 Å². The van der Waals surface area contributed by atoms with Crippen molar-refractivity contribution in [1.29, 1.82) is 0 Å². The number of hydrogen-bond acceptors (Lipinski definition) is 3. The fourth-order valence-electron chi connectivity index (χ4n) is 2.41. The molecular formula is C23H15NO3. The lowest BCUT2D eigenvalue weighted by Gasteiger charge is -2.06. The van der Waals surface area contributed by atoms with Crippen molar-refractivity contribution < 1.29 is 10.0 Å². The van der Waals surface area contributed by atoms with E-state index in [-0.39, 0.29) is 5.69 Å². The van der Waals surface area contributed by atoms with E-state index in [1.807, 2.05) is 42.5 Å².